The summed E-state index contributed by atoms with van der Waals surface area (Å²) < 4.78 is 22.5. The fraction of sp³-hybridized carbons (Fsp3) is 0.709. The molecule has 0 saturated heterocycles. The van der Waals surface area contributed by atoms with Crippen molar-refractivity contribution in [3.05, 3.63) is 29.8 Å². The van der Waals surface area contributed by atoms with E-state index in [-0.39, 0.29) is 122 Å². The number of hydrogen-bond donors (Lipinski definition) is 7. The summed E-state index contributed by atoms with van der Waals surface area (Å²) in [5.41, 5.74) is 15.3. The Morgan fingerprint density at radius 3 is 1.72 bits per heavy atom. The van der Waals surface area contributed by atoms with Crippen LogP contribution in [0.25, 0.3) is 0 Å². The molecule has 1 aromatic carbocycles. The largest absolute Gasteiger partial charge is 0.494 e. The van der Waals surface area contributed by atoms with Crippen LogP contribution in [0.2, 0.25) is 0 Å². The minimum Gasteiger partial charge on any atom is -0.494 e. The van der Waals surface area contributed by atoms with Crippen molar-refractivity contribution in [2.24, 2.45) is 39.9 Å². The lowest BCUT2D eigenvalue weighted by molar-refractivity contribution is -0.160. The lowest BCUT2D eigenvalue weighted by atomic mass is 9.81. The summed E-state index contributed by atoms with van der Waals surface area (Å²) in [6, 6.07) is 4.72. The first-order chi connectivity index (χ1) is 36.7. The van der Waals surface area contributed by atoms with E-state index in [1.54, 1.807) is 101 Å². The average Bonchev–Trinajstić information content (AvgIpc) is 3.29. The first-order valence-corrected chi connectivity index (χ1v) is 27.2. The maximum atomic E-state index is 14.3. The average molecular weight is 1120 g/mol. The summed E-state index contributed by atoms with van der Waals surface area (Å²) in [5, 5.41) is 11.3. The van der Waals surface area contributed by atoms with Crippen LogP contribution in [0.1, 0.15) is 121 Å². The van der Waals surface area contributed by atoms with Crippen LogP contribution >= 0.6 is 0 Å². The van der Waals surface area contributed by atoms with E-state index in [0.717, 1.165) is 0 Å². The van der Waals surface area contributed by atoms with E-state index < -0.39 is 88.2 Å². The van der Waals surface area contributed by atoms with Crippen LogP contribution in [0, 0.1) is 17.8 Å². The van der Waals surface area contributed by atoms with E-state index in [1.807, 2.05) is 13.8 Å². The third-order valence-corrected chi connectivity index (χ3v) is 11.8. The lowest BCUT2D eigenvalue weighted by Crippen LogP contribution is -2.56. The Bertz CT molecular complexity index is 2170. The minimum absolute atomic E-state index is 0.00565. The Balaban J connectivity index is 2.37. The molecule has 2 bridgehead atoms. The van der Waals surface area contributed by atoms with E-state index in [4.69, 9.17) is 36.1 Å². The Morgan fingerprint density at radius 1 is 0.734 bits per heavy atom. The molecule has 446 valence electrons. The fourth-order valence-electron chi connectivity index (χ4n) is 8.50. The number of benzene rings is 1. The molecular formula is C55H93N11O13. The van der Waals surface area contributed by atoms with Gasteiger partial charge in [-0.2, -0.15) is 0 Å². The van der Waals surface area contributed by atoms with Crippen molar-refractivity contribution in [3.63, 3.8) is 0 Å². The summed E-state index contributed by atoms with van der Waals surface area (Å²) in [5.74, 6) is -6.03. The molecule has 0 spiro atoms. The number of fused-ring (bicyclic) bond motifs is 11. The maximum absolute atomic E-state index is 14.3. The van der Waals surface area contributed by atoms with E-state index in [1.165, 1.54) is 6.92 Å². The maximum Gasteiger partial charge on any atom is 0.320 e. The van der Waals surface area contributed by atoms with Crippen molar-refractivity contribution in [2.75, 3.05) is 85.1 Å². The molecule has 1 aromatic rings. The number of carbonyl (C=O) groups excluding carboxylic acids is 9. The monoisotopic (exact) mass is 1120 g/mol. The molecule has 2 heterocycles. The molecule has 0 aromatic heterocycles. The molecule has 4 atom stereocenters. The second-order valence-electron chi connectivity index (χ2n) is 23.5. The number of nitrogens with zero attached hydrogens (tertiary/aromatic N) is 4. The van der Waals surface area contributed by atoms with Crippen LogP contribution in [0.4, 0.5) is 0 Å². The van der Waals surface area contributed by atoms with Gasteiger partial charge in [-0.3, -0.25) is 62.8 Å². The number of aliphatic imine (C=N–C) groups is 1. The molecular weight excluding hydrogens is 1020 g/mol. The number of amides is 5. The zero-order valence-corrected chi connectivity index (χ0v) is 49.0. The van der Waals surface area contributed by atoms with Crippen molar-refractivity contribution in [1.29, 1.82) is 0 Å². The molecule has 5 amide bonds. The van der Waals surface area contributed by atoms with Gasteiger partial charge in [-0.1, -0.05) is 26.0 Å². The topological polar surface area (TPSA) is 339 Å². The number of primary amides is 1. The number of rotatable bonds is 29. The number of ketones is 1. The van der Waals surface area contributed by atoms with Crippen molar-refractivity contribution in [3.8, 4) is 5.75 Å². The summed E-state index contributed by atoms with van der Waals surface area (Å²) in [6.07, 6.45) is 1.45. The number of guanidine groups is 1. The normalized spacial score (nSPS) is 16.7. The molecule has 79 heavy (non-hydrogen) atoms. The van der Waals surface area contributed by atoms with Crippen molar-refractivity contribution >= 4 is 59.2 Å². The molecule has 3 rings (SSSR count). The van der Waals surface area contributed by atoms with Crippen LogP contribution in [0.3, 0.4) is 0 Å². The number of ether oxygens (including phenoxy) is 4. The van der Waals surface area contributed by atoms with E-state index >= 15 is 0 Å². The van der Waals surface area contributed by atoms with Gasteiger partial charge in [0, 0.05) is 64.1 Å². The van der Waals surface area contributed by atoms with Gasteiger partial charge in [-0.15, -0.1) is 0 Å². The second-order valence-corrected chi connectivity index (χ2v) is 23.5. The highest BCUT2D eigenvalue weighted by atomic mass is 16.6. The van der Waals surface area contributed by atoms with Crippen LogP contribution < -0.4 is 43.2 Å². The van der Waals surface area contributed by atoms with Gasteiger partial charge in [0.1, 0.15) is 40.4 Å². The molecule has 24 heteroatoms. The Hall–Kier alpha value is -6.40. The van der Waals surface area contributed by atoms with E-state index in [0.29, 0.717) is 30.8 Å². The van der Waals surface area contributed by atoms with Gasteiger partial charge in [0.05, 0.1) is 39.3 Å². The van der Waals surface area contributed by atoms with Crippen molar-refractivity contribution in [1.82, 2.24) is 36.0 Å². The molecule has 0 aliphatic carbocycles. The zero-order chi connectivity index (χ0) is 59.7. The van der Waals surface area contributed by atoms with Gasteiger partial charge in [-0.25, -0.2) is 0 Å². The number of carbonyl (C=O) groups is 9. The molecule has 0 fully saturated rings. The van der Waals surface area contributed by atoms with E-state index in [9.17, 15) is 43.2 Å². The number of Topliss-reactive ketones (excluding diaryl/α,β-unsaturated/α-hetero) is 1. The Kier molecular flexibility index (Phi) is 28.9. The highest BCUT2D eigenvalue weighted by Gasteiger charge is 2.36. The van der Waals surface area contributed by atoms with Gasteiger partial charge < -0.3 is 57.4 Å². The first kappa shape index (κ1) is 68.7. The van der Waals surface area contributed by atoms with Crippen LogP contribution in [-0.4, -0.2) is 188 Å². The smallest absolute Gasteiger partial charge is 0.320 e. The van der Waals surface area contributed by atoms with Gasteiger partial charge in [0.15, 0.2) is 5.96 Å². The summed E-state index contributed by atoms with van der Waals surface area (Å²) in [6.45, 7) is 20.6. The number of hydrogen-bond acceptors (Lipinski definition) is 17. The summed E-state index contributed by atoms with van der Waals surface area (Å²) in [4.78, 5) is 129. The van der Waals surface area contributed by atoms with E-state index in [2.05, 4.69) is 26.3 Å². The molecule has 10 N–H and O–H groups in total. The van der Waals surface area contributed by atoms with Crippen LogP contribution in [-0.2, 0) is 63.8 Å². The van der Waals surface area contributed by atoms with Gasteiger partial charge in [-0.05, 0) is 125 Å². The predicted octanol–water partition coefficient (Wildman–Crippen LogP) is 0.941. The predicted molar refractivity (Wildman–Crippen MR) is 298 cm³/mol. The SMILES string of the molecule is CC(=O)CN(CCN(CCN(CC(=O)OC(C)(C)C)CC(=O)OC(C)(C)C)CC(=O)NCCNC(=O)[C@H](CCCN=C(N)N)NC(=O)[C@@H]1Cc2ccc(cc2)OCCC[C@H](C(N)=O)[C@@H](CC(C)C)C(=O)N1)CC(=O)OC(C)(C)C. The molecule has 0 saturated carbocycles. The van der Waals surface area contributed by atoms with Crippen LogP contribution in [0.5, 0.6) is 5.75 Å². The standard InChI is InChI=1S/C55H93N11O13/c1-36(2)29-41-40(48(56)72)15-14-28-76-39-19-17-38(18-20-39)30-43(63-49(41)73)51(75)62-42(16-13-21-61-52(57)58)50(74)60-23-22-59-44(68)32-64(24-26-65(31-37(3)67)33-45(69)77-53(4,5)6)25-27-66(34-46(70)78-54(7,8)9)35-47(71)79-55(10,11)12/h17-20,36,40-43H,13-16,21-35H2,1-12H3,(H2,56,72)(H,59,68)(H,60,74)(H,62,75)(H,63,73)(H4,57,58,61)/t40-,41+,42-,43-/m0/s1. The highest BCUT2D eigenvalue weighted by molar-refractivity contribution is 5.94. The third kappa shape index (κ3) is 31.1. The minimum atomic E-state index is -1.19. The molecule has 2 aliphatic rings. The highest BCUT2D eigenvalue weighted by Crippen LogP contribution is 2.27. The van der Waals surface area contributed by atoms with Crippen molar-refractivity contribution < 1.29 is 62.1 Å². The van der Waals surface area contributed by atoms with Gasteiger partial charge in [0.2, 0.25) is 29.5 Å². The van der Waals surface area contributed by atoms with Gasteiger partial charge in [0.25, 0.3) is 0 Å². The van der Waals surface area contributed by atoms with Gasteiger partial charge >= 0.3 is 17.9 Å². The number of nitrogens with two attached hydrogens (primary N) is 3. The quantitative estimate of drug-likeness (QED) is 0.0193. The molecule has 24 nitrogen and oxygen atoms in total. The summed E-state index contributed by atoms with van der Waals surface area (Å²) in [7, 11) is 0. The number of esters is 3. The van der Waals surface area contributed by atoms with Crippen molar-refractivity contribution in [2.45, 2.75) is 150 Å². The fourth-order valence-corrected chi connectivity index (χ4v) is 8.50. The summed E-state index contributed by atoms with van der Waals surface area (Å²) >= 11 is 0. The Morgan fingerprint density at radius 2 is 1.24 bits per heavy atom. The third-order valence-electron chi connectivity index (χ3n) is 11.8. The molecule has 0 unspecified atom stereocenters. The lowest BCUT2D eigenvalue weighted by Gasteiger charge is -2.30. The zero-order valence-electron chi connectivity index (χ0n) is 49.0. The molecule has 0 radical (unpaired) electrons. The first-order valence-electron chi connectivity index (χ1n) is 27.2. The van der Waals surface area contributed by atoms with Crippen LogP contribution in [0.15, 0.2) is 29.3 Å². The number of nitrogens with one attached hydrogen (secondary N) is 4. The Labute approximate surface area is 467 Å². The second kappa shape index (κ2) is 33.3. The molecule has 2 aliphatic heterocycles.